The molecular weight excluding hydrogens is 104 g/mol. The summed E-state index contributed by atoms with van der Waals surface area (Å²) in [6.45, 7) is 0. The third-order valence-corrected chi connectivity index (χ3v) is 0.496. The van der Waals surface area contributed by atoms with E-state index in [1.807, 2.05) is 24.5 Å². The Balaban J connectivity index is 0.000000162. The van der Waals surface area contributed by atoms with E-state index in [0.29, 0.717) is 0 Å². The number of aromatic amines is 1. The van der Waals surface area contributed by atoms with Crippen molar-refractivity contribution in [2.24, 2.45) is 5.40 Å². The van der Waals surface area contributed by atoms with Gasteiger partial charge >= 0.3 is 0 Å². The Kier molecular flexibility index (Phi) is 5.03. The molecule has 1 aromatic rings. The van der Waals surface area contributed by atoms with Crippen LogP contribution >= 0.6 is 0 Å². The van der Waals surface area contributed by atoms with Gasteiger partial charge in [-0.2, -0.15) is 0 Å². The number of nitrogens with one attached hydrogen (secondary N) is 1. The van der Waals surface area contributed by atoms with Crippen LogP contribution in [0.5, 0.6) is 0 Å². The molecule has 0 aliphatic carbocycles. The van der Waals surface area contributed by atoms with Crippen molar-refractivity contribution in [3.8, 4) is 0 Å². The summed E-state index contributed by atoms with van der Waals surface area (Å²) >= 11 is 0. The molecule has 0 amide bonds. The van der Waals surface area contributed by atoms with Gasteiger partial charge in [0.2, 0.25) is 0 Å². The molecule has 0 aromatic carbocycles. The van der Waals surface area contributed by atoms with Crippen molar-refractivity contribution in [3.05, 3.63) is 24.5 Å². The Labute approximate surface area is 46.2 Å². The molecule has 0 aliphatic heterocycles. The van der Waals surface area contributed by atoms with Gasteiger partial charge in [-0.25, -0.2) is 0 Å². The summed E-state index contributed by atoms with van der Waals surface area (Å²) < 4.78 is 0. The average Bonchev–Trinajstić information content (AvgIpc) is 2.23. The van der Waals surface area contributed by atoms with Crippen LogP contribution in [0.15, 0.2) is 24.5 Å². The predicted octanol–water partition coefficient (Wildman–Crippen LogP) is -0.760. The summed E-state index contributed by atoms with van der Waals surface area (Å²) in [6, 6.07) is 3.89. The van der Waals surface area contributed by atoms with Gasteiger partial charge in [-0.1, -0.05) is 0 Å². The molecule has 0 atom stereocenters. The lowest BCUT2D eigenvalue weighted by molar-refractivity contribution is 1.42. The van der Waals surface area contributed by atoms with Crippen molar-refractivity contribution in [1.82, 2.24) is 4.98 Å². The second-order valence-corrected chi connectivity index (χ2v) is 0.885. The highest BCUT2D eigenvalue weighted by atomic mass is 28.2. The Bertz CT molecular complexity index is 66.2. The lowest BCUT2D eigenvalue weighted by Crippen LogP contribution is -1.75. The Morgan fingerprint density at radius 1 is 1.14 bits per heavy atom. The van der Waals surface area contributed by atoms with Crippen molar-refractivity contribution in [1.29, 1.82) is 0 Å². The highest BCUT2D eigenvalue weighted by Gasteiger charge is 1.55. The molecule has 0 spiro atoms. The molecule has 0 aliphatic rings. The van der Waals surface area contributed by atoms with Crippen molar-refractivity contribution in [3.63, 3.8) is 0 Å². The van der Waals surface area contributed by atoms with Crippen molar-refractivity contribution < 1.29 is 0 Å². The Hall–Kier alpha value is -0.543. The van der Waals surface area contributed by atoms with Gasteiger partial charge in [-0.3, -0.25) is 0 Å². The fourth-order valence-electron chi connectivity index (χ4n) is 0.278. The first-order chi connectivity index (χ1) is 3.50. The van der Waals surface area contributed by atoms with Gasteiger partial charge in [0.15, 0.2) is 0 Å². The molecule has 0 unspecified atom stereocenters. The SMILES string of the molecule is N[SiH3].c1cc[nH]c1. The summed E-state index contributed by atoms with van der Waals surface area (Å²) in [7, 11) is 0.806. The number of rotatable bonds is 0. The van der Waals surface area contributed by atoms with Crippen LogP contribution in [0.25, 0.3) is 0 Å². The van der Waals surface area contributed by atoms with Gasteiger partial charge in [-0.15, -0.1) is 0 Å². The normalized spacial score (nSPS) is 7.00. The fourth-order valence-corrected chi connectivity index (χ4v) is 0.278. The lowest BCUT2D eigenvalue weighted by atomic mass is 10.7. The fraction of sp³-hybridized carbons (Fsp3) is 0. The monoisotopic (exact) mass is 114 g/mol. The molecule has 0 saturated carbocycles. The van der Waals surface area contributed by atoms with Gasteiger partial charge < -0.3 is 10.4 Å². The maximum atomic E-state index is 4.64. The van der Waals surface area contributed by atoms with Crippen LogP contribution < -0.4 is 5.40 Å². The third-order valence-electron chi connectivity index (χ3n) is 0.496. The zero-order valence-corrected chi connectivity index (χ0v) is 6.39. The summed E-state index contributed by atoms with van der Waals surface area (Å²) in [6.07, 6.45) is 3.75. The molecule has 2 nitrogen and oxygen atoms in total. The number of aromatic nitrogens is 1. The smallest absolute Gasteiger partial charge is 0.0716 e. The van der Waals surface area contributed by atoms with E-state index < -0.39 is 0 Å². The first-order valence-electron chi connectivity index (χ1n) is 2.15. The van der Waals surface area contributed by atoms with Crippen LogP contribution in [-0.4, -0.2) is 15.4 Å². The number of nitrogens with two attached hydrogens (primary N) is 1. The minimum absolute atomic E-state index is 0.806. The van der Waals surface area contributed by atoms with Crippen molar-refractivity contribution in [2.45, 2.75) is 0 Å². The molecule has 0 bridgehead atoms. The number of H-pyrrole nitrogens is 1. The summed E-state index contributed by atoms with van der Waals surface area (Å²) in [5, 5.41) is 4.64. The molecular formula is C4H10N2Si. The topological polar surface area (TPSA) is 41.8 Å². The standard InChI is InChI=1S/C4H5N.H5NSi/c1-2-4-5-3-1;1-2/h1-5H;1H2,2H3. The maximum Gasteiger partial charge on any atom is 0.0716 e. The van der Waals surface area contributed by atoms with Gasteiger partial charge in [0.05, 0.1) is 10.4 Å². The molecule has 0 radical (unpaired) electrons. The summed E-state index contributed by atoms with van der Waals surface area (Å²) in [5.74, 6) is 0. The van der Waals surface area contributed by atoms with E-state index in [0.717, 1.165) is 10.4 Å². The highest BCUT2D eigenvalue weighted by Crippen LogP contribution is 1.72. The molecule has 3 N–H and O–H groups in total. The lowest BCUT2D eigenvalue weighted by Gasteiger charge is -1.49. The maximum absolute atomic E-state index is 4.64. The second kappa shape index (κ2) is 5.46. The Morgan fingerprint density at radius 3 is 1.71 bits per heavy atom. The van der Waals surface area contributed by atoms with Crippen LogP contribution in [0.4, 0.5) is 0 Å². The number of hydrogen-bond acceptors (Lipinski definition) is 1. The van der Waals surface area contributed by atoms with Crippen molar-refractivity contribution >= 4 is 10.4 Å². The summed E-state index contributed by atoms with van der Waals surface area (Å²) in [5.41, 5.74) is 0. The van der Waals surface area contributed by atoms with Gasteiger partial charge in [0.25, 0.3) is 0 Å². The molecule has 7 heavy (non-hydrogen) atoms. The molecule has 0 saturated heterocycles. The predicted molar refractivity (Wildman–Crippen MR) is 34.9 cm³/mol. The zero-order valence-electron chi connectivity index (χ0n) is 4.39. The van der Waals surface area contributed by atoms with E-state index in [1.165, 1.54) is 0 Å². The number of hydrogen-bond donors (Lipinski definition) is 2. The third kappa shape index (κ3) is 3.28. The molecule has 40 valence electrons. The molecule has 1 aromatic heterocycles. The van der Waals surface area contributed by atoms with E-state index in [2.05, 4.69) is 10.4 Å². The molecule has 3 heteroatoms. The van der Waals surface area contributed by atoms with Crippen molar-refractivity contribution in [2.75, 3.05) is 0 Å². The van der Waals surface area contributed by atoms with Crippen LogP contribution in [-0.2, 0) is 0 Å². The zero-order chi connectivity index (χ0) is 5.54. The van der Waals surface area contributed by atoms with Crippen LogP contribution in [0, 0.1) is 0 Å². The van der Waals surface area contributed by atoms with Crippen LogP contribution in [0.1, 0.15) is 0 Å². The van der Waals surface area contributed by atoms with Gasteiger partial charge in [0, 0.05) is 12.4 Å². The highest BCUT2D eigenvalue weighted by molar-refractivity contribution is 6.02. The second-order valence-electron chi connectivity index (χ2n) is 0.885. The minimum atomic E-state index is 0.806. The molecule has 0 fully saturated rings. The summed E-state index contributed by atoms with van der Waals surface area (Å²) in [4.78, 5) is 2.86. The van der Waals surface area contributed by atoms with Gasteiger partial charge in [0.1, 0.15) is 0 Å². The minimum Gasteiger partial charge on any atom is -0.368 e. The van der Waals surface area contributed by atoms with E-state index in [1.54, 1.807) is 0 Å². The first kappa shape index (κ1) is 6.46. The van der Waals surface area contributed by atoms with E-state index >= 15 is 0 Å². The van der Waals surface area contributed by atoms with E-state index in [4.69, 9.17) is 0 Å². The van der Waals surface area contributed by atoms with E-state index in [9.17, 15) is 0 Å². The molecule has 1 rings (SSSR count). The van der Waals surface area contributed by atoms with Crippen LogP contribution in [0.3, 0.4) is 0 Å². The quantitative estimate of drug-likeness (QED) is 0.428. The largest absolute Gasteiger partial charge is 0.368 e. The Morgan fingerprint density at radius 2 is 1.57 bits per heavy atom. The van der Waals surface area contributed by atoms with Gasteiger partial charge in [-0.05, 0) is 12.1 Å². The van der Waals surface area contributed by atoms with Crippen LogP contribution in [0.2, 0.25) is 0 Å². The van der Waals surface area contributed by atoms with E-state index in [-0.39, 0.29) is 0 Å². The first-order valence-corrected chi connectivity index (χ1v) is 3.31. The molecule has 1 heterocycles. The average molecular weight is 114 g/mol.